The Hall–Kier alpha value is -1.70. The molecule has 0 aromatic heterocycles. The normalized spacial score (nSPS) is 19.1. The van der Waals surface area contributed by atoms with Gasteiger partial charge in [-0.25, -0.2) is 4.39 Å². The third-order valence-corrected chi connectivity index (χ3v) is 4.87. The number of carbonyl (C=O) groups excluding carboxylic acids is 2. The molecule has 2 amide bonds. The van der Waals surface area contributed by atoms with Crippen molar-refractivity contribution in [1.29, 1.82) is 0 Å². The van der Waals surface area contributed by atoms with Gasteiger partial charge >= 0.3 is 0 Å². The van der Waals surface area contributed by atoms with Crippen molar-refractivity contribution in [3.8, 4) is 0 Å². The summed E-state index contributed by atoms with van der Waals surface area (Å²) in [6, 6.07) is 4.22. The van der Waals surface area contributed by atoms with Crippen molar-refractivity contribution in [2.45, 2.75) is 0 Å². The molecule has 0 spiro atoms. The van der Waals surface area contributed by atoms with E-state index in [1.165, 1.54) is 18.2 Å². The largest absolute Gasteiger partial charge is 0.378 e. The van der Waals surface area contributed by atoms with Gasteiger partial charge in [0.15, 0.2) is 0 Å². The lowest BCUT2D eigenvalue weighted by molar-refractivity contribution is -0.136. The van der Waals surface area contributed by atoms with Gasteiger partial charge in [-0.15, -0.1) is 0 Å². The van der Waals surface area contributed by atoms with Gasteiger partial charge in [-0.2, -0.15) is 0 Å². The number of rotatable bonds is 3. The summed E-state index contributed by atoms with van der Waals surface area (Å²) in [5, 5.41) is 0.120. The molecule has 2 aliphatic rings. The van der Waals surface area contributed by atoms with Crippen LogP contribution in [-0.2, 0) is 9.53 Å². The second-order valence-corrected chi connectivity index (χ2v) is 6.57. The summed E-state index contributed by atoms with van der Waals surface area (Å²) in [6.07, 6.45) is 0. The molecule has 0 radical (unpaired) electrons. The number of hydrogen-bond donors (Lipinski definition) is 0. The van der Waals surface area contributed by atoms with Gasteiger partial charge in [-0.1, -0.05) is 17.7 Å². The zero-order valence-electron chi connectivity index (χ0n) is 13.9. The summed E-state index contributed by atoms with van der Waals surface area (Å²) in [4.78, 5) is 30.2. The molecule has 2 aliphatic heterocycles. The van der Waals surface area contributed by atoms with Gasteiger partial charge in [0.2, 0.25) is 5.91 Å². The average molecular weight is 370 g/mol. The maximum absolute atomic E-state index is 13.9. The number of piperazine rings is 1. The minimum absolute atomic E-state index is 0.0815. The highest BCUT2D eigenvalue weighted by atomic mass is 35.5. The summed E-state index contributed by atoms with van der Waals surface area (Å²) in [7, 11) is 0. The first-order valence-electron chi connectivity index (χ1n) is 8.37. The van der Waals surface area contributed by atoms with Crippen LogP contribution in [0.4, 0.5) is 4.39 Å². The van der Waals surface area contributed by atoms with Gasteiger partial charge in [0.25, 0.3) is 5.91 Å². The molecule has 25 heavy (non-hydrogen) atoms. The number of benzene rings is 1. The Morgan fingerprint density at radius 1 is 1.04 bits per heavy atom. The summed E-state index contributed by atoms with van der Waals surface area (Å²) >= 11 is 5.97. The van der Waals surface area contributed by atoms with Gasteiger partial charge in [0.05, 0.1) is 30.3 Å². The third kappa shape index (κ3) is 4.29. The Bertz CT molecular complexity index is 624. The quantitative estimate of drug-likeness (QED) is 0.800. The van der Waals surface area contributed by atoms with Crippen molar-refractivity contribution in [3.05, 3.63) is 34.6 Å². The van der Waals surface area contributed by atoms with Crippen LogP contribution in [0.5, 0.6) is 0 Å². The van der Waals surface area contributed by atoms with Crippen molar-refractivity contribution in [2.24, 2.45) is 0 Å². The number of nitrogens with zero attached hydrogens (tertiary/aromatic N) is 3. The molecule has 2 fully saturated rings. The molecule has 0 atom stereocenters. The minimum Gasteiger partial charge on any atom is -0.378 e. The number of halogens is 2. The lowest BCUT2D eigenvalue weighted by Gasteiger charge is -2.36. The molecule has 1 aromatic carbocycles. The van der Waals surface area contributed by atoms with Crippen LogP contribution in [-0.4, -0.2) is 85.5 Å². The highest BCUT2D eigenvalue weighted by Crippen LogP contribution is 2.21. The SMILES string of the molecule is O=C(CN1CCN(C(=O)c2c(F)cccc2Cl)CC1)N1CCOCC1. The van der Waals surface area contributed by atoms with Gasteiger partial charge in [-0.3, -0.25) is 14.5 Å². The number of carbonyl (C=O) groups is 2. The molecular weight excluding hydrogens is 349 g/mol. The lowest BCUT2D eigenvalue weighted by Crippen LogP contribution is -2.52. The van der Waals surface area contributed by atoms with Crippen molar-refractivity contribution >= 4 is 23.4 Å². The van der Waals surface area contributed by atoms with E-state index < -0.39 is 11.7 Å². The number of hydrogen-bond acceptors (Lipinski definition) is 4. The van der Waals surface area contributed by atoms with Gasteiger partial charge in [0, 0.05) is 39.3 Å². The van der Waals surface area contributed by atoms with Crippen LogP contribution in [0.1, 0.15) is 10.4 Å². The fourth-order valence-electron chi connectivity index (χ4n) is 3.07. The Morgan fingerprint density at radius 3 is 2.36 bits per heavy atom. The summed E-state index contributed by atoms with van der Waals surface area (Å²) in [5.41, 5.74) is -0.0815. The van der Waals surface area contributed by atoms with Crippen LogP contribution in [0.3, 0.4) is 0 Å². The van der Waals surface area contributed by atoms with E-state index in [1.54, 1.807) is 9.80 Å². The van der Waals surface area contributed by atoms with E-state index in [0.29, 0.717) is 59.0 Å². The molecule has 6 nitrogen and oxygen atoms in total. The predicted octanol–water partition coefficient (Wildman–Crippen LogP) is 1.10. The van der Waals surface area contributed by atoms with Crippen molar-refractivity contribution in [1.82, 2.24) is 14.7 Å². The summed E-state index contributed by atoms with van der Waals surface area (Å²) in [5.74, 6) is -0.926. The molecule has 8 heteroatoms. The van der Waals surface area contributed by atoms with E-state index in [9.17, 15) is 14.0 Å². The fraction of sp³-hybridized carbons (Fsp3) is 0.529. The van der Waals surface area contributed by atoms with E-state index in [2.05, 4.69) is 0 Å². The van der Waals surface area contributed by atoms with Crippen LogP contribution >= 0.6 is 11.6 Å². The average Bonchev–Trinajstić information content (AvgIpc) is 2.63. The molecule has 3 rings (SSSR count). The van der Waals surface area contributed by atoms with Crippen molar-refractivity contribution < 1.29 is 18.7 Å². The standard InChI is InChI=1S/C17H21ClFN3O3/c18-13-2-1-3-14(19)16(13)17(24)22-6-4-20(5-7-22)12-15(23)21-8-10-25-11-9-21/h1-3H,4-12H2. The topological polar surface area (TPSA) is 53.1 Å². The Morgan fingerprint density at radius 2 is 1.72 bits per heavy atom. The van der Waals surface area contributed by atoms with Crippen LogP contribution in [0.15, 0.2) is 18.2 Å². The van der Waals surface area contributed by atoms with E-state index in [1.807, 2.05) is 4.90 Å². The minimum atomic E-state index is -0.609. The van der Waals surface area contributed by atoms with Gasteiger partial charge < -0.3 is 14.5 Å². The maximum atomic E-state index is 13.9. The van der Waals surface area contributed by atoms with Crippen molar-refractivity contribution in [3.63, 3.8) is 0 Å². The number of morpholine rings is 1. The molecule has 0 aliphatic carbocycles. The third-order valence-electron chi connectivity index (χ3n) is 4.56. The molecular formula is C17H21ClFN3O3. The first-order chi connectivity index (χ1) is 12.1. The number of ether oxygens (including phenoxy) is 1. The highest BCUT2D eigenvalue weighted by Gasteiger charge is 2.27. The Balaban J connectivity index is 1.53. The first-order valence-corrected chi connectivity index (χ1v) is 8.75. The Labute approximate surface area is 151 Å². The molecule has 2 saturated heterocycles. The first kappa shape index (κ1) is 18.1. The second-order valence-electron chi connectivity index (χ2n) is 6.16. The van der Waals surface area contributed by atoms with Gasteiger partial charge in [-0.05, 0) is 12.1 Å². The fourth-order valence-corrected chi connectivity index (χ4v) is 3.32. The molecule has 0 saturated carbocycles. The second kappa shape index (κ2) is 8.12. The van der Waals surface area contributed by atoms with Crippen LogP contribution in [0.25, 0.3) is 0 Å². The van der Waals surface area contributed by atoms with E-state index in [4.69, 9.17) is 16.3 Å². The molecule has 2 heterocycles. The zero-order chi connectivity index (χ0) is 17.8. The molecule has 0 N–H and O–H groups in total. The van der Waals surface area contributed by atoms with Crippen molar-refractivity contribution in [2.75, 3.05) is 59.0 Å². The molecule has 0 unspecified atom stereocenters. The summed E-state index contributed by atoms with van der Waals surface area (Å²) in [6.45, 7) is 4.80. The molecule has 136 valence electrons. The zero-order valence-corrected chi connectivity index (χ0v) is 14.7. The summed E-state index contributed by atoms with van der Waals surface area (Å²) < 4.78 is 19.2. The van der Waals surface area contributed by atoms with Crippen LogP contribution in [0, 0.1) is 5.82 Å². The van der Waals surface area contributed by atoms with Gasteiger partial charge in [0.1, 0.15) is 5.82 Å². The van der Waals surface area contributed by atoms with E-state index in [-0.39, 0.29) is 16.5 Å². The molecule has 1 aromatic rings. The Kier molecular flexibility index (Phi) is 5.88. The van der Waals surface area contributed by atoms with E-state index >= 15 is 0 Å². The number of amides is 2. The smallest absolute Gasteiger partial charge is 0.258 e. The van der Waals surface area contributed by atoms with Crippen LogP contribution < -0.4 is 0 Å². The maximum Gasteiger partial charge on any atom is 0.258 e. The monoisotopic (exact) mass is 369 g/mol. The lowest BCUT2D eigenvalue weighted by atomic mass is 10.1. The predicted molar refractivity (Wildman–Crippen MR) is 91.2 cm³/mol. The highest BCUT2D eigenvalue weighted by molar-refractivity contribution is 6.33. The molecule has 0 bridgehead atoms. The van der Waals surface area contributed by atoms with E-state index in [0.717, 1.165) is 0 Å². The van der Waals surface area contributed by atoms with Crippen LogP contribution in [0.2, 0.25) is 5.02 Å².